The quantitative estimate of drug-likeness (QED) is 0.338. The highest BCUT2D eigenvalue weighted by Gasteiger charge is 2.30. The van der Waals surface area contributed by atoms with E-state index in [2.05, 4.69) is 0 Å². The molecule has 0 fully saturated rings. The summed E-state index contributed by atoms with van der Waals surface area (Å²) in [6.45, 7) is 3.58. The van der Waals surface area contributed by atoms with Crippen LogP contribution in [-0.2, 0) is 0 Å². The standard InChI is InChI=1S/C22H15ClO5/c1-12-8-17(27-22(25)14-4-3-5-15(23)9-14)11-18-20(12)21(24)19(28-18)10-16-7-6-13(2)26-16/h3-11H,1-2H3/b19-10-. The molecule has 0 atom stereocenters. The van der Waals surface area contributed by atoms with Crippen LogP contribution in [0, 0.1) is 13.8 Å². The van der Waals surface area contributed by atoms with Crippen LogP contribution in [0.1, 0.15) is 37.8 Å². The van der Waals surface area contributed by atoms with Crippen molar-refractivity contribution in [3.63, 3.8) is 0 Å². The topological polar surface area (TPSA) is 65.7 Å². The summed E-state index contributed by atoms with van der Waals surface area (Å²) >= 11 is 5.91. The second-order valence-corrected chi connectivity index (χ2v) is 6.84. The Balaban J connectivity index is 1.61. The molecular formula is C22H15ClO5. The summed E-state index contributed by atoms with van der Waals surface area (Å²) in [5, 5.41) is 0.441. The van der Waals surface area contributed by atoms with Crippen LogP contribution in [0.2, 0.25) is 5.02 Å². The van der Waals surface area contributed by atoms with Crippen LogP contribution in [-0.4, -0.2) is 11.8 Å². The number of furan rings is 1. The lowest BCUT2D eigenvalue weighted by atomic mass is 10.0. The molecule has 1 aromatic heterocycles. The van der Waals surface area contributed by atoms with Crippen molar-refractivity contribution in [2.75, 3.05) is 0 Å². The highest BCUT2D eigenvalue weighted by molar-refractivity contribution is 6.30. The molecule has 0 N–H and O–H groups in total. The summed E-state index contributed by atoms with van der Waals surface area (Å²) in [6.07, 6.45) is 1.55. The number of carbonyl (C=O) groups is 2. The molecule has 1 aliphatic heterocycles. The van der Waals surface area contributed by atoms with Crippen LogP contribution in [0.25, 0.3) is 6.08 Å². The Kier molecular flexibility index (Phi) is 4.53. The van der Waals surface area contributed by atoms with Crippen molar-refractivity contribution < 1.29 is 23.5 Å². The van der Waals surface area contributed by atoms with Gasteiger partial charge in [-0.3, -0.25) is 4.79 Å². The Morgan fingerprint density at radius 3 is 2.64 bits per heavy atom. The lowest BCUT2D eigenvalue weighted by molar-refractivity contribution is 0.0734. The van der Waals surface area contributed by atoms with E-state index >= 15 is 0 Å². The Morgan fingerprint density at radius 1 is 1.11 bits per heavy atom. The summed E-state index contributed by atoms with van der Waals surface area (Å²) in [6, 6.07) is 13.2. The largest absolute Gasteiger partial charge is 0.462 e. The van der Waals surface area contributed by atoms with E-state index in [9.17, 15) is 9.59 Å². The molecule has 4 rings (SSSR count). The van der Waals surface area contributed by atoms with Gasteiger partial charge in [0, 0.05) is 17.2 Å². The first kappa shape index (κ1) is 18.1. The van der Waals surface area contributed by atoms with Crippen molar-refractivity contribution in [2.24, 2.45) is 0 Å². The van der Waals surface area contributed by atoms with E-state index in [1.165, 1.54) is 12.1 Å². The third-order valence-corrected chi connectivity index (χ3v) is 4.48. The van der Waals surface area contributed by atoms with Crippen molar-refractivity contribution in [1.82, 2.24) is 0 Å². The number of allylic oxidation sites excluding steroid dienone is 1. The van der Waals surface area contributed by atoms with Gasteiger partial charge in [-0.2, -0.15) is 0 Å². The molecule has 0 bridgehead atoms. The molecule has 5 nitrogen and oxygen atoms in total. The molecule has 2 aromatic carbocycles. The Bertz CT molecular complexity index is 1140. The predicted molar refractivity (Wildman–Crippen MR) is 104 cm³/mol. The Morgan fingerprint density at radius 2 is 1.93 bits per heavy atom. The van der Waals surface area contributed by atoms with Gasteiger partial charge in [0.2, 0.25) is 5.78 Å². The van der Waals surface area contributed by atoms with E-state index in [4.69, 9.17) is 25.5 Å². The highest BCUT2D eigenvalue weighted by Crippen LogP contribution is 2.37. The molecule has 140 valence electrons. The van der Waals surface area contributed by atoms with Crippen LogP contribution < -0.4 is 9.47 Å². The Labute approximate surface area is 166 Å². The number of ether oxygens (including phenoxy) is 2. The highest BCUT2D eigenvalue weighted by atomic mass is 35.5. The minimum atomic E-state index is -0.548. The second kappa shape index (κ2) is 7.02. The van der Waals surface area contributed by atoms with Crippen molar-refractivity contribution in [2.45, 2.75) is 13.8 Å². The number of esters is 1. The first-order valence-corrected chi connectivity index (χ1v) is 8.91. The molecule has 2 heterocycles. The van der Waals surface area contributed by atoms with E-state index in [1.54, 1.807) is 49.4 Å². The fourth-order valence-electron chi connectivity index (χ4n) is 2.98. The predicted octanol–water partition coefficient (Wildman–Crippen LogP) is 5.39. The lowest BCUT2D eigenvalue weighted by Crippen LogP contribution is -2.08. The zero-order valence-corrected chi connectivity index (χ0v) is 15.9. The Hall–Kier alpha value is -3.31. The molecule has 0 aliphatic carbocycles. The monoisotopic (exact) mass is 394 g/mol. The number of rotatable bonds is 3. The number of hydrogen-bond donors (Lipinski definition) is 0. The fraction of sp³-hybridized carbons (Fsp3) is 0.0909. The number of halogens is 1. The number of fused-ring (bicyclic) bond motifs is 1. The molecule has 0 radical (unpaired) electrons. The molecule has 0 spiro atoms. The number of ketones is 1. The molecule has 3 aromatic rings. The zero-order valence-electron chi connectivity index (χ0n) is 15.1. The molecule has 0 saturated heterocycles. The third kappa shape index (κ3) is 3.44. The van der Waals surface area contributed by atoms with Crippen molar-refractivity contribution in [1.29, 1.82) is 0 Å². The first-order chi connectivity index (χ1) is 13.4. The molecule has 0 unspecified atom stereocenters. The second-order valence-electron chi connectivity index (χ2n) is 6.40. The lowest BCUT2D eigenvalue weighted by Gasteiger charge is -2.08. The van der Waals surface area contributed by atoms with Crippen molar-refractivity contribution >= 4 is 29.4 Å². The minimum Gasteiger partial charge on any atom is -0.462 e. The average Bonchev–Trinajstić information content (AvgIpc) is 3.18. The molecule has 28 heavy (non-hydrogen) atoms. The minimum absolute atomic E-state index is 0.158. The zero-order chi connectivity index (χ0) is 19.8. The van der Waals surface area contributed by atoms with Gasteiger partial charge in [-0.1, -0.05) is 17.7 Å². The summed E-state index contributed by atoms with van der Waals surface area (Å²) in [4.78, 5) is 25.0. The maximum Gasteiger partial charge on any atom is 0.343 e. The summed E-state index contributed by atoms with van der Waals surface area (Å²) < 4.78 is 16.6. The molecule has 0 saturated carbocycles. The van der Waals surface area contributed by atoms with Gasteiger partial charge in [-0.05, 0) is 55.8 Å². The number of carbonyl (C=O) groups excluding carboxylic acids is 2. The summed E-state index contributed by atoms with van der Waals surface area (Å²) in [7, 11) is 0. The van der Waals surface area contributed by atoms with Crippen LogP contribution in [0.3, 0.4) is 0 Å². The van der Waals surface area contributed by atoms with Gasteiger partial charge >= 0.3 is 5.97 Å². The van der Waals surface area contributed by atoms with Crippen molar-refractivity contribution in [3.8, 4) is 11.5 Å². The molecule has 6 heteroatoms. The van der Waals surface area contributed by atoms with Crippen molar-refractivity contribution in [3.05, 3.63) is 87.5 Å². The van der Waals surface area contributed by atoms with Gasteiger partial charge in [0.25, 0.3) is 0 Å². The number of benzene rings is 2. The molecule has 1 aliphatic rings. The van der Waals surface area contributed by atoms with Gasteiger partial charge in [0.05, 0.1) is 11.1 Å². The smallest absolute Gasteiger partial charge is 0.343 e. The maximum absolute atomic E-state index is 12.7. The van der Waals surface area contributed by atoms with Gasteiger partial charge < -0.3 is 13.9 Å². The van der Waals surface area contributed by atoms with Gasteiger partial charge in [-0.15, -0.1) is 0 Å². The SMILES string of the molecule is Cc1ccc(/C=C2\Oc3cc(OC(=O)c4cccc(Cl)c4)cc(C)c3C2=O)o1. The third-order valence-electron chi connectivity index (χ3n) is 4.25. The van der Waals surface area contributed by atoms with E-state index in [-0.39, 0.29) is 17.3 Å². The van der Waals surface area contributed by atoms with Gasteiger partial charge in [0.15, 0.2) is 5.76 Å². The number of aryl methyl sites for hydroxylation is 2. The summed E-state index contributed by atoms with van der Waals surface area (Å²) in [5.74, 6) is 1.26. The fourth-order valence-corrected chi connectivity index (χ4v) is 3.17. The van der Waals surface area contributed by atoms with E-state index in [0.717, 1.165) is 5.76 Å². The van der Waals surface area contributed by atoms with E-state index in [0.29, 0.717) is 33.2 Å². The normalized spacial score (nSPS) is 14.1. The molecule has 0 amide bonds. The van der Waals surface area contributed by atoms with Crippen LogP contribution in [0.5, 0.6) is 11.5 Å². The summed E-state index contributed by atoms with van der Waals surface area (Å²) in [5.41, 5.74) is 1.42. The number of Topliss-reactive ketones (excluding diaryl/α,β-unsaturated/α-hetero) is 1. The molecular weight excluding hydrogens is 380 g/mol. The van der Waals surface area contributed by atoms with Gasteiger partial charge in [-0.25, -0.2) is 4.79 Å². The van der Waals surface area contributed by atoms with E-state index < -0.39 is 5.97 Å². The maximum atomic E-state index is 12.7. The van der Waals surface area contributed by atoms with Crippen LogP contribution in [0.4, 0.5) is 0 Å². The first-order valence-electron chi connectivity index (χ1n) is 8.54. The van der Waals surface area contributed by atoms with E-state index in [1.807, 2.05) is 6.92 Å². The number of hydrogen-bond acceptors (Lipinski definition) is 5. The van der Waals surface area contributed by atoms with Crippen LogP contribution >= 0.6 is 11.6 Å². The van der Waals surface area contributed by atoms with Gasteiger partial charge in [0.1, 0.15) is 23.0 Å². The van der Waals surface area contributed by atoms with Crippen LogP contribution in [0.15, 0.2) is 58.7 Å². The average molecular weight is 395 g/mol.